The Hall–Kier alpha value is -1.78. The molecule has 0 aromatic heterocycles. The molecule has 0 amide bonds. The summed E-state index contributed by atoms with van der Waals surface area (Å²) in [6.45, 7) is 2.99. The highest BCUT2D eigenvalue weighted by Gasteiger charge is 2.26. The summed E-state index contributed by atoms with van der Waals surface area (Å²) in [6, 6.07) is 4.20. The Morgan fingerprint density at radius 3 is 2.56 bits per heavy atom. The number of anilines is 1. The van der Waals surface area contributed by atoms with E-state index in [0.717, 1.165) is 0 Å². The molecule has 0 aliphatic rings. The van der Waals surface area contributed by atoms with Crippen molar-refractivity contribution >= 4 is 11.7 Å². The molecule has 5 heteroatoms. The summed E-state index contributed by atoms with van der Waals surface area (Å²) < 4.78 is 18.1. The van der Waals surface area contributed by atoms with Gasteiger partial charge in [-0.3, -0.25) is 0 Å². The zero-order valence-corrected chi connectivity index (χ0v) is 9.37. The molecule has 0 radical (unpaired) electrons. The number of carboxylic acids is 1. The molecule has 0 bridgehead atoms. The maximum absolute atomic E-state index is 13.3. The van der Waals surface area contributed by atoms with E-state index in [-0.39, 0.29) is 5.75 Å². The van der Waals surface area contributed by atoms with Crippen LogP contribution in [0.4, 0.5) is 10.1 Å². The standard InChI is InChI=1S/C11H14FNO3/c1-11(2,10(14)15)13-7-4-5-9(16-3)8(12)6-7/h4-6,13H,1-3H3,(H,14,15). The largest absolute Gasteiger partial charge is 0.494 e. The molecule has 2 N–H and O–H groups in total. The second kappa shape index (κ2) is 4.38. The van der Waals surface area contributed by atoms with Crippen molar-refractivity contribution < 1.29 is 19.0 Å². The number of carboxylic acid groups (broad SMARTS) is 1. The molecular weight excluding hydrogens is 213 g/mol. The number of hydrogen-bond donors (Lipinski definition) is 2. The topological polar surface area (TPSA) is 58.6 Å². The Balaban J connectivity index is 2.91. The van der Waals surface area contributed by atoms with Crippen molar-refractivity contribution in [2.24, 2.45) is 0 Å². The molecule has 0 saturated heterocycles. The number of carbonyl (C=O) groups is 1. The zero-order valence-electron chi connectivity index (χ0n) is 9.37. The van der Waals surface area contributed by atoms with Crippen molar-refractivity contribution in [1.29, 1.82) is 0 Å². The first-order valence-corrected chi connectivity index (χ1v) is 4.72. The van der Waals surface area contributed by atoms with E-state index in [1.807, 2.05) is 0 Å². The van der Waals surface area contributed by atoms with E-state index in [1.54, 1.807) is 6.07 Å². The van der Waals surface area contributed by atoms with Gasteiger partial charge in [-0.05, 0) is 26.0 Å². The number of halogens is 1. The van der Waals surface area contributed by atoms with Crippen LogP contribution in [0.25, 0.3) is 0 Å². The van der Waals surface area contributed by atoms with Crippen LogP contribution in [0.1, 0.15) is 13.8 Å². The molecule has 0 fully saturated rings. The summed E-state index contributed by atoms with van der Waals surface area (Å²) >= 11 is 0. The first kappa shape index (κ1) is 12.3. The number of ether oxygens (including phenoxy) is 1. The second-order valence-electron chi connectivity index (χ2n) is 3.90. The third kappa shape index (κ3) is 2.62. The van der Waals surface area contributed by atoms with Crippen molar-refractivity contribution in [3.8, 4) is 5.75 Å². The summed E-state index contributed by atoms with van der Waals surface area (Å²) in [6.07, 6.45) is 0. The lowest BCUT2D eigenvalue weighted by atomic mass is 10.1. The highest BCUT2D eigenvalue weighted by Crippen LogP contribution is 2.23. The van der Waals surface area contributed by atoms with Crippen LogP contribution in [-0.4, -0.2) is 23.7 Å². The number of rotatable bonds is 4. The minimum atomic E-state index is -1.15. The average molecular weight is 227 g/mol. The molecule has 1 aromatic carbocycles. The first-order valence-electron chi connectivity index (χ1n) is 4.72. The van der Waals surface area contributed by atoms with Crippen molar-refractivity contribution in [3.63, 3.8) is 0 Å². The quantitative estimate of drug-likeness (QED) is 0.827. The molecule has 0 heterocycles. The van der Waals surface area contributed by atoms with Crippen molar-refractivity contribution in [2.45, 2.75) is 19.4 Å². The fraction of sp³-hybridized carbons (Fsp3) is 0.364. The van der Waals surface area contributed by atoms with Crippen LogP contribution in [0.3, 0.4) is 0 Å². The Morgan fingerprint density at radius 2 is 2.12 bits per heavy atom. The molecule has 0 aliphatic heterocycles. The first-order chi connectivity index (χ1) is 7.36. The summed E-state index contributed by atoms with van der Waals surface area (Å²) in [7, 11) is 1.37. The van der Waals surface area contributed by atoms with Gasteiger partial charge in [-0.15, -0.1) is 0 Å². The van der Waals surface area contributed by atoms with Crippen LogP contribution in [0.2, 0.25) is 0 Å². The van der Waals surface area contributed by atoms with Gasteiger partial charge in [0.1, 0.15) is 5.54 Å². The smallest absolute Gasteiger partial charge is 0.328 e. The average Bonchev–Trinajstić information content (AvgIpc) is 2.17. The third-order valence-corrected chi connectivity index (χ3v) is 2.14. The number of aliphatic carboxylic acids is 1. The van der Waals surface area contributed by atoms with E-state index in [1.165, 1.54) is 33.1 Å². The Bertz CT molecular complexity index is 404. The van der Waals surface area contributed by atoms with Gasteiger partial charge >= 0.3 is 5.97 Å². The fourth-order valence-electron chi connectivity index (χ4n) is 1.16. The van der Waals surface area contributed by atoms with Crippen LogP contribution in [0, 0.1) is 5.82 Å². The molecule has 1 rings (SSSR count). The molecule has 0 unspecified atom stereocenters. The molecule has 4 nitrogen and oxygen atoms in total. The van der Waals surface area contributed by atoms with Gasteiger partial charge in [0.25, 0.3) is 0 Å². The molecule has 0 aliphatic carbocycles. The van der Waals surface area contributed by atoms with E-state index in [0.29, 0.717) is 5.69 Å². The minimum absolute atomic E-state index is 0.124. The van der Waals surface area contributed by atoms with Gasteiger partial charge in [0.05, 0.1) is 7.11 Å². The summed E-state index contributed by atoms with van der Waals surface area (Å²) in [4.78, 5) is 10.9. The number of benzene rings is 1. The number of methoxy groups -OCH3 is 1. The maximum atomic E-state index is 13.3. The van der Waals surface area contributed by atoms with Gasteiger partial charge in [0, 0.05) is 11.8 Å². The normalized spacial score (nSPS) is 11.0. The molecule has 0 spiro atoms. The van der Waals surface area contributed by atoms with Crippen LogP contribution >= 0.6 is 0 Å². The summed E-state index contributed by atoms with van der Waals surface area (Å²) in [5.41, 5.74) is -0.758. The third-order valence-electron chi connectivity index (χ3n) is 2.14. The van der Waals surface area contributed by atoms with Crippen molar-refractivity contribution in [3.05, 3.63) is 24.0 Å². The Morgan fingerprint density at radius 1 is 1.50 bits per heavy atom. The monoisotopic (exact) mass is 227 g/mol. The highest BCUT2D eigenvalue weighted by molar-refractivity contribution is 5.81. The van der Waals surface area contributed by atoms with Gasteiger partial charge in [-0.1, -0.05) is 0 Å². The number of hydrogen-bond acceptors (Lipinski definition) is 3. The lowest BCUT2D eigenvalue weighted by Crippen LogP contribution is -2.39. The Kier molecular flexibility index (Phi) is 3.37. The maximum Gasteiger partial charge on any atom is 0.328 e. The Labute approximate surface area is 93.0 Å². The van der Waals surface area contributed by atoms with Crippen LogP contribution in [0.5, 0.6) is 5.75 Å². The summed E-state index contributed by atoms with van der Waals surface area (Å²) in [5.74, 6) is -1.42. The zero-order chi connectivity index (χ0) is 12.3. The van der Waals surface area contributed by atoms with E-state index in [2.05, 4.69) is 5.32 Å². The van der Waals surface area contributed by atoms with E-state index in [4.69, 9.17) is 9.84 Å². The second-order valence-corrected chi connectivity index (χ2v) is 3.90. The predicted molar refractivity (Wildman–Crippen MR) is 58.3 cm³/mol. The number of nitrogens with one attached hydrogen (secondary N) is 1. The molecule has 0 saturated carbocycles. The molecular formula is C11H14FNO3. The van der Waals surface area contributed by atoms with Gasteiger partial charge in [0.2, 0.25) is 0 Å². The van der Waals surface area contributed by atoms with E-state index >= 15 is 0 Å². The lowest BCUT2D eigenvalue weighted by Gasteiger charge is -2.22. The van der Waals surface area contributed by atoms with Crippen LogP contribution < -0.4 is 10.1 Å². The molecule has 16 heavy (non-hydrogen) atoms. The van der Waals surface area contributed by atoms with E-state index in [9.17, 15) is 9.18 Å². The van der Waals surface area contributed by atoms with E-state index < -0.39 is 17.3 Å². The minimum Gasteiger partial charge on any atom is -0.494 e. The van der Waals surface area contributed by atoms with Gasteiger partial charge in [-0.2, -0.15) is 0 Å². The summed E-state index contributed by atoms with van der Waals surface area (Å²) in [5, 5.41) is 11.6. The van der Waals surface area contributed by atoms with Gasteiger partial charge < -0.3 is 15.2 Å². The lowest BCUT2D eigenvalue weighted by molar-refractivity contribution is -0.141. The van der Waals surface area contributed by atoms with Crippen molar-refractivity contribution in [2.75, 3.05) is 12.4 Å². The van der Waals surface area contributed by atoms with Crippen molar-refractivity contribution in [1.82, 2.24) is 0 Å². The molecule has 88 valence electrons. The predicted octanol–water partition coefficient (Wildman–Crippen LogP) is 2.11. The molecule has 0 atom stereocenters. The van der Waals surface area contributed by atoms with Gasteiger partial charge in [0.15, 0.2) is 11.6 Å². The fourth-order valence-corrected chi connectivity index (χ4v) is 1.16. The highest BCUT2D eigenvalue weighted by atomic mass is 19.1. The van der Waals surface area contributed by atoms with Crippen LogP contribution in [0.15, 0.2) is 18.2 Å². The van der Waals surface area contributed by atoms with Gasteiger partial charge in [-0.25, -0.2) is 9.18 Å². The molecule has 1 aromatic rings. The van der Waals surface area contributed by atoms with Crippen LogP contribution in [-0.2, 0) is 4.79 Å². The SMILES string of the molecule is COc1ccc(NC(C)(C)C(=O)O)cc1F.